The standard InChI is InChI=1S/C61H40N2/c1-4-18-44(19-5-1)60-62-58(54-29-16-20-42-17-10-11-25-48(42)54)40-59(63-60)55-38-37-49(50-26-12-13-27-51(50)55)43-33-31-41(32-34-43)45-35-36-53-52-28-14-15-30-56(52)61(57(53)39-45,46-21-6-2-7-22-46)47-23-8-3-9-24-47/h1-40H. The maximum absolute atomic E-state index is 5.25. The average Bonchev–Trinajstić information content (AvgIpc) is 3.67. The maximum Gasteiger partial charge on any atom is 0.160 e. The van der Waals surface area contributed by atoms with Gasteiger partial charge in [0.2, 0.25) is 0 Å². The minimum Gasteiger partial charge on any atom is -0.228 e. The largest absolute Gasteiger partial charge is 0.228 e. The van der Waals surface area contributed by atoms with Crippen molar-refractivity contribution in [2.75, 3.05) is 0 Å². The van der Waals surface area contributed by atoms with Crippen molar-refractivity contribution >= 4 is 21.5 Å². The summed E-state index contributed by atoms with van der Waals surface area (Å²) in [5.41, 5.74) is 17.0. The number of fused-ring (bicyclic) bond motifs is 5. The fourth-order valence-electron chi connectivity index (χ4n) is 10.1. The van der Waals surface area contributed by atoms with Crippen LogP contribution in [0.25, 0.3) is 88.8 Å². The molecule has 1 aliphatic carbocycles. The molecule has 0 bridgehead atoms. The molecule has 2 heteroatoms. The van der Waals surface area contributed by atoms with Gasteiger partial charge in [0.25, 0.3) is 0 Å². The molecule has 0 unspecified atom stereocenters. The molecule has 0 saturated heterocycles. The third-order valence-corrected chi connectivity index (χ3v) is 13.0. The van der Waals surface area contributed by atoms with E-state index < -0.39 is 5.41 Å². The van der Waals surface area contributed by atoms with Crippen LogP contribution in [0.5, 0.6) is 0 Å². The molecule has 10 aromatic carbocycles. The van der Waals surface area contributed by atoms with Crippen molar-refractivity contribution in [2.24, 2.45) is 0 Å². The van der Waals surface area contributed by atoms with E-state index in [9.17, 15) is 0 Å². The van der Waals surface area contributed by atoms with E-state index in [1.807, 2.05) is 18.2 Å². The number of nitrogens with zero attached hydrogens (tertiary/aromatic N) is 2. The van der Waals surface area contributed by atoms with Gasteiger partial charge >= 0.3 is 0 Å². The summed E-state index contributed by atoms with van der Waals surface area (Å²) < 4.78 is 0. The lowest BCUT2D eigenvalue weighted by molar-refractivity contribution is 0.769. The Morgan fingerprint density at radius 2 is 0.746 bits per heavy atom. The van der Waals surface area contributed by atoms with Gasteiger partial charge in [0.1, 0.15) is 0 Å². The Hall–Kier alpha value is -8.20. The molecule has 0 fully saturated rings. The Balaban J connectivity index is 0.960. The summed E-state index contributed by atoms with van der Waals surface area (Å²) in [5.74, 6) is 0.708. The Morgan fingerprint density at radius 1 is 0.270 bits per heavy atom. The Kier molecular flexibility index (Phi) is 8.76. The summed E-state index contributed by atoms with van der Waals surface area (Å²) in [7, 11) is 0. The molecule has 294 valence electrons. The van der Waals surface area contributed by atoms with E-state index in [4.69, 9.17) is 9.97 Å². The van der Waals surface area contributed by atoms with Crippen LogP contribution in [0.3, 0.4) is 0 Å². The van der Waals surface area contributed by atoms with Gasteiger partial charge in [-0.15, -0.1) is 0 Å². The maximum atomic E-state index is 5.25. The van der Waals surface area contributed by atoms with Crippen molar-refractivity contribution in [3.8, 4) is 67.3 Å². The van der Waals surface area contributed by atoms with Crippen LogP contribution >= 0.6 is 0 Å². The molecule has 0 radical (unpaired) electrons. The third-order valence-electron chi connectivity index (χ3n) is 13.0. The van der Waals surface area contributed by atoms with Crippen molar-refractivity contribution in [1.82, 2.24) is 9.97 Å². The first-order chi connectivity index (χ1) is 31.2. The highest BCUT2D eigenvalue weighted by molar-refractivity contribution is 6.05. The van der Waals surface area contributed by atoms with Gasteiger partial charge in [-0.05, 0) is 89.3 Å². The van der Waals surface area contributed by atoms with Crippen molar-refractivity contribution in [1.29, 1.82) is 0 Å². The Bertz CT molecular complexity index is 3440. The minimum atomic E-state index is -0.438. The normalized spacial score (nSPS) is 12.6. The van der Waals surface area contributed by atoms with Crippen LogP contribution in [0.2, 0.25) is 0 Å². The first-order valence-corrected chi connectivity index (χ1v) is 21.6. The molecule has 63 heavy (non-hydrogen) atoms. The summed E-state index contributed by atoms with van der Waals surface area (Å²) in [5, 5.41) is 4.69. The lowest BCUT2D eigenvalue weighted by Crippen LogP contribution is -2.28. The summed E-state index contributed by atoms with van der Waals surface area (Å²) >= 11 is 0. The van der Waals surface area contributed by atoms with Gasteiger partial charge in [0, 0.05) is 16.7 Å². The van der Waals surface area contributed by atoms with Crippen LogP contribution in [0.15, 0.2) is 243 Å². The molecule has 0 atom stereocenters. The molecule has 1 heterocycles. The van der Waals surface area contributed by atoms with Crippen LogP contribution in [-0.2, 0) is 5.41 Å². The fourth-order valence-corrected chi connectivity index (χ4v) is 10.1. The highest BCUT2D eigenvalue weighted by Gasteiger charge is 2.46. The van der Waals surface area contributed by atoms with Crippen LogP contribution in [0.4, 0.5) is 0 Å². The molecule has 11 aromatic rings. The topological polar surface area (TPSA) is 25.8 Å². The van der Waals surface area contributed by atoms with E-state index >= 15 is 0 Å². The van der Waals surface area contributed by atoms with E-state index in [1.165, 1.54) is 71.8 Å². The second kappa shape index (κ2) is 15.1. The zero-order valence-corrected chi connectivity index (χ0v) is 34.5. The first kappa shape index (κ1) is 36.6. The predicted molar refractivity (Wildman–Crippen MR) is 262 cm³/mol. The molecule has 0 aliphatic heterocycles. The van der Waals surface area contributed by atoms with Crippen molar-refractivity contribution in [3.05, 3.63) is 265 Å². The first-order valence-electron chi connectivity index (χ1n) is 21.6. The quantitative estimate of drug-likeness (QED) is 0.160. The van der Waals surface area contributed by atoms with Gasteiger partial charge < -0.3 is 0 Å². The van der Waals surface area contributed by atoms with E-state index in [1.54, 1.807) is 0 Å². The lowest BCUT2D eigenvalue weighted by Gasteiger charge is -2.34. The van der Waals surface area contributed by atoms with Gasteiger partial charge in [-0.1, -0.05) is 231 Å². The van der Waals surface area contributed by atoms with E-state index in [0.29, 0.717) is 5.82 Å². The number of hydrogen-bond donors (Lipinski definition) is 0. The van der Waals surface area contributed by atoms with Crippen molar-refractivity contribution in [3.63, 3.8) is 0 Å². The highest BCUT2D eigenvalue weighted by Crippen LogP contribution is 2.56. The zero-order chi connectivity index (χ0) is 41.7. The SMILES string of the molecule is c1ccc(-c2nc(-c3cccc4ccccc34)cc(-c3ccc(-c4ccc(-c5ccc6c(c5)C(c5ccccc5)(c5ccccc5)c5ccccc5-6)cc4)c4ccccc34)n2)cc1. The summed E-state index contributed by atoms with van der Waals surface area (Å²) in [6, 6.07) is 87.7. The summed E-state index contributed by atoms with van der Waals surface area (Å²) in [6.45, 7) is 0. The molecule has 1 aromatic heterocycles. The van der Waals surface area contributed by atoms with Gasteiger partial charge in [-0.25, -0.2) is 9.97 Å². The number of hydrogen-bond acceptors (Lipinski definition) is 2. The molecule has 0 N–H and O–H groups in total. The molecular formula is C61H40N2. The number of benzene rings is 10. The number of rotatable bonds is 7. The molecule has 0 amide bonds. The number of aromatic nitrogens is 2. The second-order valence-electron chi connectivity index (χ2n) is 16.4. The Labute approximate surface area is 367 Å². The van der Waals surface area contributed by atoms with Crippen LogP contribution in [0, 0.1) is 0 Å². The lowest BCUT2D eigenvalue weighted by atomic mass is 9.67. The van der Waals surface area contributed by atoms with Crippen molar-refractivity contribution in [2.45, 2.75) is 5.41 Å². The van der Waals surface area contributed by atoms with Crippen LogP contribution in [0.1, 0.15) is 22.3 Å². The third kappa shape index (κ3) is 6.02. The summed E-state index contributed by atoms with van der Waals surface area (Å²) in [6.07, 6.45) is 0. The van der Waals surface area contributed by atoms with Crippen LogP contribution in [-0.4, -0.2) is 9.97 Å². The van der Waals surface area contributed by atoms with E-state index in [2.05, 4.69) is 224 Å². The Morgan fingerprint density at radius 3 is 1.46 bits per heavy atom. The van der Waals surface area contributed by atoms with E-state index in [0.717, 1.165) is 33.5 Å². The molecular weight excluding hydrogens is 761 g/mol. The van der Waals surface area contributed by atoms with Gasteiger partial charge in [0.05, 0.1) is 16.8 Å². The molecule has 0 spiro atoms. The van der Waals surface area contributed by atoms with Gasteiger partial charge in [0.15, 0.2) is 5.82 Å². The molecule has 0 saturated carbocycles. The fraction of sp³-hybridized carbons (Fsp3) is 0.0164. The van der Waals surface area contributed by atoms with E-state index in [-0.39, 0.29) is 0 Å². The molecule has 1 aliphatic rings. The zero-order valence-electron chi connectivity index (χ0n) is 34.5. The van der Waals surface area contributed by atoms with Crippen molar-refractivity contribution < 1.29 is 0 Å². The monoisotopic (exact) mass is 800 g/mol. The van der Waals surface area contributed by atoms with Crippen LogP contribution < -0.4 is 0 Å². The molecule has 2 nitrogen and oxygen atoms in total. The summed E-state index contributed by atoms with van der Waals surface area (Å²) in [4.78, 5) is 10.4. The van der Waals surface area contributed by atoms with Gasteiger partial charge in [-0.2, -0.15) is 0 Å². The predicted octanol–water partition coefficient (Wildman–Crippen LogP) is 15.5. The second-order valence-corrected chi connectivity index (χ2v) is 16.4. The smallest absolute Gasteiger partial charge is 0.160 e. The highest BCUT2D eigenvalue weighted by atomic mass is 14.9. The average molecular weight is 801 g/mol. The van der Waals surface area contributed by atoms with Gasteiger partial charge in [-0.3, -0.25) is 0 Å². The minimum absolute atomic E-state index is 0.438. The molecule has 12 rings (SSSR count).